The molecule has 0 amide bonds. The SMILES string of the molecule is Cc1c(N)cccc1/C(N)=N/OC(=O)c1ccccc1OC(F)F. The van der Waals surface area contributed by atoms with E-state index >= 15 is 0 Å². The summed E-state index contributed by atoms with van der Waals surface area (Å²) < 4.78 is 29.0. The number of alkyl halides is 2. The number of hydrogen-bond donors (Lipinski definition) is 2. The van der Waals surface area contributed by atoms with Crippen molar-refractivity contribution < 1.29 is 23.1 Å². The number of ether oxygens (including phenoxy) is 1. The van der Waals surface area contributed by atoms with Crippen LogP contribution in [0.1, 0.15) is 21.5 Å². The predicted molar refractivity (Wildman–Crippen MR) is 84.8 cm³/mol. The van der Waals surface area contributed by atoms with Crippen molar-refractivity contribution in [3.63, 3.8) is 0 Å². The molecule has 4 N–H and O–H groups in total. The van der Waals surface area contributed by atoms with Crippen LogP contribution in [0.15, 0.2) is 47.6 Å². The van der Waals surface area contributed by atoms with Gasteiger partial charge in [0.05, 0.1) is 0 Å². The maximum Gasteiger partial charge on any atom is 0.387 e. The molecular formula is C16H15F2N3O3. The van der Waals surface area contributed by atoms with Crippen LogP contribution in [0.2, 0.25) is 0 Å². The molecule has 0 aromatic heterocycles. The molecule has 0 atom stereocenters. The third kappa shape index (κ3) is 3.97. The summed E-state index contributed by atoms with van der Waals surface area (Å²) in [5.41, 5.74) is 13.0. The summed E-state index contributed by atoms with van der Waals surface area (Å²) in [6.07, 6.45) is 0. The smallest absolute Gasteiger partial charge is 0.387 e. The molecule has 2 aromatic carbocycles. The second-order valence-corrected chi connectivity index (χ2v) is 4.75. The predicted octanol–water partition coefficient (Wildman–Crippen LogP) is 2.66. The number of nitrogens with zero attached hydrogens (tertiary/aromatic N) is 1. The van der Waals surface area contributed by atoms with Crippen molar-refractivity contribution in [2.75, 3.05) is 5.73 Å². The maximum atomic E-state index is 12.3. The van der Waals surface area contributed by atoms with Crippen LogP contribution in [0.25, 0.3) is 0 Å². The van der Waals surface area contributed by atoms with Crippen LogP contribution in [0.3, 0.4) is 0 Å². The van der Waals surface area contributed by atoms with Crippen molar-refractivity contribution in [2.45, 2.75) is 13.5 Å². The van der Waals surface area contributed by atoms with E-state index in [1.54, 1.807) is 25.1 Å². The molecule has 0 heterocycles. The largest absolute Gasteiger partial charge is 0.434 e. The van der Waals surface area contributed by atoms with Gasteiger partial charge in [0, 0.05) is 11.3 Å². The lowest BCUT2D eigenvalue weighted by atomic mass is 10.1. The number of benzene rings is 2. The zero-order valence-electron chi connectivity index (χ0n) is 12.7. The zero-order chi connectivity index (χ0) is 17.7. The van der Waals surface area contributed by atoms with Gasteiger partial charge in [-0.15, -0.1) is 0 Å². The molecule has 0 aliphatic carbocycles. The average Bonchev–Trinajstić information content (AvgIpc) is 2.55. The van der Waals surface area contributed by atoms with E-state index in [2.05, 4.69) is 9.89 Å². The van der Waals surface area contributed by atoms with Crippen molar-refractivity contribution in [1.82, 2.24) is 0 Å². The molecule has 0 aliphatic rings. The van der Waals surface area contributed by atoms with Crippen molar-refractivity contribution in [2.24, 2.45) is 10.9 Å². The number of nitrogen functional groups attached to an aromatic ring is 1. The Kier molecular flexibility index (Phi) is 5.31. The molecule has 2 aromatic rings. The number of oxime groups is 1. The number of carbonyl (C=O) groups excluding carboxylic acids is 1. The van der Waals surface area contributed by atoms with Crippen molar-refractivity contribution in [3.05, 3.63) is 59.2 Å². The summed E-state index contributed by atoms with van der Waals surface area (Å²) in [5.74, 6) is -1.36. The highest BCUT2D eigenvalue weighted by Gasteiger charge is 2.17. The van der Waals surface area contributed by atoms with Crippen LogP contribution in [0, 0.1) is 6.92 Å². The van der Waals surface area contributed by atoms with Crippen LogP contribution in [0.4, 0.5) is 14.5 Å². The summed E-state index contributed by atoms with van der Waals surface area (Å²) in [6.45, 7) is -1.33. The Hall–Kier alpha value is -3.16. The summed E-state index contributed by atoms with van der Waals surface area (Å²) >= 11 is 0. The molecule has 2 rings (SSSR count). The Labute approximate surface area is 136 Å². The molecule has 0 saturated carbocycles. The van der Waals surface area contributed by atoms with Crippen molar-refractivity contribution >= 4 is 17.5 Å². The first-order valence-electron chi connectivity index (χ1n) is 6.84. The average molecular weight is 335 g/mol. The summed E-state index contributed by atoms with van der Waals surface area (Å²) in [6, 6.07) is 10.4. The normalized spacial score (nSPS) is 11.4. The minimum atomic E-state index is -3.07. The number of rotatable bonds is 5. The van der Waals surface area contributed by atoms with Crippen molar-refractivity contribution in [1.29, 1.82) is 0 Å². The Morgan fingerprint density at radius 1 is 1.12 bits per heavy atom. The number of halogens is 2. The molecule has 126 valence electrons. The van der Waals surface area contributed by atoms with Gasteiger partial charge in [0.2, 0.25) is 0 Å². The molecule has 0 bridgehead atoms. The van der Waals surface area contributed by atoms with Gasteiger partial charge in [-0.05, 0) is 30.7 Å². The van der Waals surface area contributed by atoms with E-state index in [1.807, 2.05) is 0 Å². The van der Waals surface area contributed by atoms with Gasteiger partial charge in [-0.1, -0.05) is 29.4 Å². The molecule has 0 fully saturated rings. The quantitative estimate of drug-likeness (QED) is 0.288. The fraction of sp³-hybridized carbons (Fsp3) is 0.125. The van der Waals surface area contributed by atoms with Gasteiger partial charge in [-0.3, -0.25) is 0 Å². The van der Waals surface area contributed by atoms with E-state index in [0.717, 1.165) is 0 Å². The first-order valence-corrected chi connectivity index (χ1v) is 6.84. The van der Waals surface area contributed by atoms with E-state index in [9.17, 15) is 13.6 Å². The number of hydrogen-bond acceptors (Lipinski definition) is 5. The summed E-state index contributed by atoms with van der Waals surface area (Å²) in [5, 5.41) is 3.54. The second kappa shape index (κ2) is 7.40. The lowest BCUT2D eigenvalue weighted by Gasteiger charge is -2.09. The molecule has 8 heteroatoms. The highest BCUT2D eigenvalue weighted by molar-refractivity contribution is 6.00. The minimum Gasteiger partial charge on any atom is -0.434 e. The fourth-order valence-corrected chi connectivity index (χ4v) is 1.95. The molecule has 0 saturated heterocycles. The molecular weight excluding hydrogens is 320 g/mol. The number of carbonyl (C=O) groups is 1. The second-order valence-electron chi connectivity index (χ2n) is 4.75. The first kappa shape index (κ1) is 17.2. The maximum absolute atomic E-state index is 12.3. The Bertz CT molecular complexity index is 779. The third-order valence-electron chi connectivity index (χ3n) is 3.20. The minimum absolute atomic E-state index is 0.0691. The topological polar surface area (TPSA) is 99.9 Å². The molecule has 0 unspecified atom stereocenters. The zero-order valence-corrected chi connectivity index (χ0v) is 12.7. The molecule has 0 aliphatic heterocycles. The highest BCUT2D eigenvalue weighted by Crippen LogP contribution is 2.21. The van der Waals surface area contributed by atoms with Gasteiger partial charge in [0.15, 0.2) is 5.84 Å². The molecule has 0 radical (unpaired) electrons. The van der Waals surface area contributed by atoms with Gasteiger partial charge in [0.1, 0.15) is 11.3 Å². The van der Waals surface area contributed by atoms with Crippen LogP contribution in [-0.4, -0.2) is 18.4 Å². The Morgan fingerprint density at radius 3 is 2.50 bits per heavy atom. The Balaban J connectivity index is 2.20. The molecule has 24 heavy (non-hydrogen) atoms. The fourth-order valence-electron chi connectivity index (χ4n) is 1.95. The number of anilines is 1. The van der Waals surface area contributed by atoms with E-state index < -0.39 is 12.6 Å². The lowest BCUT2D eigenvalue weighted by molar-refractivity contribution is -0.0504. The molecule has 6 nitrogen and oxygen atoms in total. The van der Waals surface area contributed by atoms with Gasteiger partial charge in [-0.25, -0.2) is 4.79 Å². The van der Waals surface area contributed by atoms with Gasteiger partial charge < -0.3 is 21.0 Å². The molecule has 0 spiro atoms. The lowest BCUT2D eigenvalue weighted by Crippen LogP contribution is -2.17. The van der Waals surface area contributed by atoms with Crippen LogP contribution < -0.4 is 16.2 Å². The summed E-state index contributed by atoms with van der Waals surface area (Å²) in [7, 11) is 0. The standard InChI is InChI=1S/C16H15F2N3O3/c1-9-10(6-4-7-12(9)19)14(20)21-24-15(22)11-5-2-3-8-13(11)23-16(17)18/h2-8,16H,19H2,1H3,(H2,20,21). The van der Waals surface area contributed by atoms with Crippen molar-refractivity contribution in [3.8, 4) is 5.75 Å². The van der Waals surface area contributed by atoms with Crippen LogP contribution >= 0.6 is 0 Å². The van der Waals surface area contributed by atoms with E-state index in [4.69, 9.17) is 16.3 Å². The number of amidine groups is 1. The first-order chi connectivity index (χ1) is 11.4. The van der Waals surface area contributed by atoms with Gasteiger partial charge >= 0.3 is 12.6 Å². The summed E-state index contributed by atoms with van der Waals surface area (Å²) in [4.78, 5) is 16.7. The van der Waals surface area contributed by atoms with Crippen LogP contribution in [0.5, 0.6) is 5.75 Å². The van der Waals surface area contributed by atoms with E-state index in [0.29, 0.717) is 16.8 Å². The van der Waals surface area contributed by atoms with Gasteiger partial charge in [0.25, 0.3) is 0 Å². The highest BCUT2D eigenvalue weighted by atomic mass is 19.3. The third-order valence-corrected chi connectivity index (χ3v) is 3.20. The Morgan fingerprint density at radius 2 is 1.79 bits per heavy atom. The van der Waals surface area contributed by atoms with E-state index in [1.165, 1.54) is 24.3 Å². The van der Waals surface area contributed by atoms with E-state index in [-0.39, 0.29) is 17.1 Å². The van der Waals surface area contributed by atoms with Crippen LogP contribution in [-0.2, 0) is 4.84 Å². The van der Waals surface area contributed by atoms with Gasteiger partial charge in [-0.2, -0.15) is 8.78 Å². The number of nitrogens with two attached hydrogens (primary N) is 2. The monoisotopic (exact) mass is 335 g/mol. The number of para-hydroxylation sites is 1.